The molecule has 0 fully saturated rings. The zero-order valence-corrected chi connectivity index (χ0v) is 12.6. The van der Waals surface area contributed by atoms with Gasteiger partial charge in [-0.3, -0.25) is 0 Å². The van der Waals surface area contributed by atoms with Crippen LogP contribution in [-0.2, 0) is 5.60 Å². The average Bonchev–Trinajstić information content (AvgIpc) is 3.03. The third kappa shape index (κ3) is 2.63. The fourth-order valence-electron chi connectivity index (χ4n) is 2.43. The molecule has 1 atom stereocenters. The highest BCUT2D eigenvalue weighted by molar-refractivity contribution is 7.10. The maximum atomic E-state index is 9.17. The molecule has 3 rings (SSSR count). The van der Waals surface area contributed by atoms with Gasteiger partial charge in [0.05, 0.1) is 12.5 Å². The SMILES string of the molecule is CC(CC#N)(Oc1cccc2ccccc12)c1cccs1. The number of nitrogens with zero attached hydrogens (tertiary/aromatic N) is 1. The third-order valence-electron chi connectivity index (χ3n) is 3.54. The normalized spacial score (nSPS) is 13.5. The topological polar surface area (TPSA) is 33.0 Å². The van der Waals surface area contributed by atoms with Crippen molar-refractivity contribution in [3.63, 3.8) is 0 Å². The van der Waals surface area contributed by atoms with Gasteiger partial charge in [0.15, 0.2) is 5.60 Å². The number of thiophene rings is 1. The van der Waals surface area contributed by atoms with Gasteiger partial charge < -0.3 is 4.74 Å². The Morgan fingerprint density at radius 1 is 1.10 bits per heavy atom. The van der Waals surface area contributed by atoms with E-state index in [0.29, 0.717) is 6.42 Å². The smallest absolute Gasteiger partial charge is 0.153 e. The van der Waals surface area contributed by atoms with E-state index in [1.807, 2.05) is 54.8 Å². The van der Waals surface area contributed by atoms with Gasteiger partial charge in [-0.25, -0.2) is 0 Å². The van der Waals surface area contributed by atoms with Gasteiger partial charge in [-0.15, -0.1) is 11.3 Å². The molecule has 0 N–H and O–H groups in total. The van der Waals surface area contributed by atoms with Crippen LogP contribution in [0.2, 0.25) is 0 Å². The van der Waals surface area contributed by atoms with Gasteiger partial charge in [0, 0.05) is 10.3 Å². The van der Waals surface area contributed by atoms with Crippen LogP contribution >= 0.6 is 11.3 Å². The van der Waals surface area contributed by atoms with Crippen LogP contribution in [0.3, 0.4) is 0 Å². The Morgan fingerprint density at radius 2 is 1.90 bits per heavy atom. The van der Waals surface area contributed by atoms with Gasteiger partial charge in [-0.1, -0.05) is 42.5 Å². The minimum absolute atomic E-state index is 0.316. The standard InChI is InChI=1S/C18H15NOS/c1-18(11-12-19,17-10-5-13-21-17)20-16-9-4-7-14-6-2-3-8-15(14)16/h2-10,13H,11H2,1H3. The summed E-state index contributed by atoms with van der Waals surface area (Å²) in [5.74, 6) is 0.819. The van der Waals surface area contributed by atoms with Crippen LogP contribution in [0.4, 0.5) is 0 Å². The van der Waals surface area contributed by atoms with E-state index in [1.54, 1.807) is 11.3 Å². The Kier molecular flexibility index (Phi) is 3.64. The first-order valence-corrected chi connectivity index (χ1v) is 7.69. The van der Waals surface area contributed by atoms with Crippen molar-refractivity contribution in [1.82, 2.24) is 0 Å². The molecule has 0 aliphatic carbocycles. The molecule has 0 bridgehead atoms. The van der Waals surface area contributed by atoms with Crippen molar-refractivity contribution in [3.8, 4) is 11.8 Å². The predicted molar refractivity (Wildman–Crippen MR) is 86.5 cm³/mol. The van der Waals surface area contributed by atoms with Crippen LogP contribution < -0.4 is 4.74 Å². The maximum absolute atomic E-state index is 9.17. The van der Waals surface area contributed by atoms with E-state index in [9.17, 15) is 0 Å². The van der Waals surface area contributed by atoms with Crippen LogP contribution in [0.15, 0.2) is 60.0 Å². The first-order valence-electron chi connectivity index (χ1n) is 6.81. The summed E-state index contributed by atoms with van der Waals surface area (Å²) >= 11 is 1.62. The fourth-order valence-corrected chi connectivity index (χ4v) is 3.26. The summed E-state index contributed by atoms with van der Waals surface area (Å²) in [6, 6.07) is 20.4. The first kappa shape index (κ1) is 13.7. The van der Waals surface area contributed by atoms with Crippen LogP contribution in [0, 0.1) is 11.3 Å². The van der Waals surface area contributed by atoms with Crippen molar-refractivity contribution in [3.05, 3.63) is 64.9 Å². The quantitative estimate of drug-likeness (QED) is 0.669. The monoisotopic (exact) mass is 293 g/mol. The largest absolute Gasteiger partial charge is 0.480 e. The molecule has 0 amide bonds. The molecule has 21 heavy (non-hydrogen) atoms. The fraction of sp³-hybridized carbons (Fsp3) is 0.167. The Labute approximate surface area is 128 Å². The lowest BCUT2D eigenvalue weighted by Gasteiger charge is -2.28. The van der Waals surface area contributed by atoms with Crippen molar-refractivity contribution in [2.45, 2.75) is 18.9 Å². The molecule has 0 saturated carbocycles. The van der Waals surface area contributed by atoms with Gasteiger partial charge in [0.25, 0.3) is 0 Å². The van der Waals surface area contributed by atoms with Crippen molar-refractivity contribution in [1.29, 1.82) is 5.26 Å². The molecule has 0 spiro atoms. The lowest BCUT2D eigenvalue weighted by Crippen LogP contribution is -2.28. The lowest BCUT2D eigenvalue weighted by molar-refractivity contribution is 0.0982. The van der Waals surface area contributed by atoms with Gasteiger partial charge in [0.2, 0.25) is 0 Å². The van der Waals surface area contributed by atoms with E-state index in [1.165, 1.54) is 0 Å². The number of benzene rings is 2. The zero-order chi connectivity index (χ0) is 14.7. The summed E-state index contributed by atoms with van der Waals surface area (Å²) in [4.78, 5) is 1.07. The van der Waals surface area contributed by atoms with Crippen LogP contribution in [0.1, 0.15) is 18.2 Å². The van der Waals surface area contributed by atoms with Crippen molar-refractivity contribution in [2.24, 2.45) is 0 Å². The summed E-state index contributed by atoms with van der Waals surface area (Å²) in [5, 5.41) is 13.4. The van der Waals surface area contributed by atoms with Crippen molar-refractivity contribution in [2.75, 3.05) is 0 Å². The zero-order valence-electron chi connectivity index (χ0n) is 11.7. The third-order valence-corrected chi connectivity index (χ3v) is 4.66. The van der Waals surface area contributed by atoms with E-state index in [2.05, 4.69) is 18.2 Å². The molecule has 2 aromatic carbocycles. The Hall–Kier alpha value is -2.31. The minimum Gasteiger partial charge on any atom is -0.480 e. The van der Waals surface area contributed by atoms with E-state index in [4.69, 9.17) is 10.00 Å². The van der Waals surface area contributed by atoms with Gasteiger partial charge in [-0.05, 0) is 29.8 Å². The number of nitriles is 1. The minimum atomic E-state index is -0.618. The van der Waals surface area contributed by atoms with Crippen LogP contribution in [-0.4, -0.2) is 0 Å². The molecule has 0 radical (unpaired) electrons. The van der Waals surface area contributed by atoms with E-state index in [0.717, 1.165) is 21.4 Å². The second-order valence-corrected chi connectivity index (χ2v) is 6.07. The maximum Gasteiger partial charge on any atom is 0.153 e. The highest BCUT2D eigenvalue weighted by atomic mass is 32.1. The molecule has 0 aliphatic heterocycles. The highest BCUT2D eigenvalue weighted by Crippen LogP contribution is 2.36. The van der Waals surface area contributed by atoms with Crippen molar-refractivity contribution >= 4 is 22.1 Å². The molecule has 0 saturated heterocycles. The van der Waals surface area contributed by atoms with E-state index < -0.39 is 5.60 Å². The number of fused-ring (bicyclic) bond motifs is 1. The Balaban J connectivity index is 2.05. The Morgan fingerprint density at radius 3 is 2.67 bits per heavy atom. The van der Waals surface area contributed by atoms with Crippen LogP contribution in [0.5, 0.6) is 5.75 Å². The molecular weight excluding hydrogens is 278 g/mol. The average molecular weight is 293 g/mol. The molecule has 0 aliphatic rings. The summed E-state index contributed by atoms with van der Waals surface area (Å²) in [5.41, 5.74) is -0.618. The Bertz CT molecular complexity index is 783. The molecule has 104 valence electrons. The second-order valence-electron chi connectivity index (χ2n) is 5.12. The number of hydrogen-bond donors (Lipinski definition) is 0. The van der Waals surface area contributed by atoms with Gasteiger partial charge in [-0.2, -0.15) is 5.26 Å². The summed E-state index contributed by atoms with van der Waals surface area (Å²) in [6.07, 6.45) is 0.316. The number of ether oxygens (including phenoxy) is 1. The molecule has 1 heterocycles. The molecule has 1 unspecified atom stereocenters. The first-order chi connectivity index (χ1) is 10.2. The summed E-state index contributed by atoms with van der Waals surface area (Å²) in [6.45, 7) is 1.98. The molecule has 2 nitrogen and oxygen atoms in total. The summed E-state index contributed by atoms with van der Waals surface area (Å²) in [7, 11) is 0. The lowest BCUT2D eigenvalue weighted by atomic mass is 10.0. The van der Waals surface area contributed by atoms with E-state index in [-0.39, 0.29) is 0 Å². The van der Waals surface area contributed by atoms with Gasteiger partial charge in [0.1, 0.15) is 5.75 Å². The van der Waals surface area contributed by atoms with Crippen molar-refractivity contribution < 1.29 is 4.74 Å². The molecule has 3 aromatic rings. The molecular formula is C18H15NOS. The summed E-state index contributed by atoms with van der Waals surface area (Å²) < 4.78 is 6.29. The van der Waals surface area contributed by atoms with E-state index >= 15 is 0 Å². The number of hydrogen-bond acceptors (Lipinski definition) is 3. The number of rotatable bonds is 4. The highest BCUT2D eigenvalue weighted by Gasteiger charge is 2.30. The predicted octanol–water partition coefficient (Wildman–Crippen LogP) is 5.11. The molecule has 1 aromatic heterocycles. The molecule has 3 heteroatoms. The van der Waals surface area contributed by atoms with Gasteiger partial charge >= 0.3 is 0 Å². The van der Waals surface area contributed by atoms with Crippen LogP contribution in [0.25, 0.3) is 10.8 Å². The second kappa shape index (κ2) is 5.59.